The topological polar surface area (TPSA) is 352 Å². The molecule has 0 aliphatic heterocycles. The van der Waals surface area contributed by atoms with Crippen LogP contribution in [0.15, 0.2) is 8.68 Å². The summed E-state index contributed by atoms with van der Waals surface area (Å²) in [4.78, 5) is 62.7. The fourth-order valence-corrected chi connectivity index (χ4v) is 6.01. The highest BCUT2D eigenvalue weighted by Gasteiger charge is 2.22. The quantitative estimate of drug-likeness (QED) is 0.0493. The van der Waals surface area contributed by atoms with Gasteiger partial charge in [-0.3, -0.25) is 49.3 Å². The van der Waals surface area contributed by atoms with Gasteiger partial charge in [0.05, 0.1) is 32.7 Å². The van der Waals surface area contributed by atoms with Crippen molar-refractivity contribution in [3.63, 3.8) is 0 Å². The number of carbonyl (C=O) groups excluding carboxylic acids is 2. The average Bonchev–Trinajstić information content (AvgIpc) is 3.54. The largest absolute Gasteiger partial charge is 0.480 e. The molecule has 0 aliphatic carbocycles. The summed E-state index contributed by atoms with van der Waals surface area (Å²) < 4.78 is 44.2. The summed E-state index contributed by atoms with van der Waals surface area (Å²) in [6.07, 6.45) is 0. The van der Waals surface area contributed by atoms with Crippen molar-refractivity contribution in [3.8, 4) is 0 Å². The van der Waals surface area contributed by atoms with Gasteiger partial charge in [0.2, 0.25) is 30.8 Å². The second-order valence-electron chi connectivity index (χ2n) is 8.81. The van der Waals surface area contributed by atoms with Crippen molar-refractivity contribution in [2.24, 2.45) is 10.3 Å². The van der Waals surface area contributed by atoms with Gasteiger partial charge in [-0.25, -0.2) is 27.1 Å². The summed E-state index contributed by atoms with van der Waals surface area (Å²) in [6, 6.07) is 0. The monoisotopic (exact) mass is 744 g/mol. The lowest BCUT2D eigenvalue weighted by atomic mass is 10.3. The predicted molar refractivity (Wildman–Crippen MR) is 158 cm³/mol. The molecule has 2 rings (SSSR count). The van der Waals surface area contributed by atoms with Gasteiger partial charge in [0.1, 0.15) is 0 Å². The molecule has 28 heteroatoms. The molecule has 0 spiro atoms. The molecule has 0 fully saturated rings. The van der Waals surface area contributed by atoms with Crippen molar-refractivity contribution < 1.29 is 56.1 Å². The zero-order chi connectivity index (χ0) is 33.9. The molecule has 0 atom stereocenters. The standard InChI is InChI=1S/C18H27N11O12S4.Al/c19-44(38,39)17-25-23-15(42-17)21-10(30)5-28(8-13(34)35)3-1-27(7-12(32)33)2-4-29(9-14(36)37)6-11(31)22-16-24-26-18(43-16)45(20,40)41;/h1-9H2,(H,32,33)(H,34,35)(H,36,37)(H2,19,38,39)(H2,20,40,41)(H,21,23,30)(H,22,24,31);. The summed E-state index contributed by atoms with van der Waals surface area (Å²) in [5.74, 6) is -5.48. The number of aromatic nitrogens is 4. The Balaban J connectivity index is 0.0000106. The lowest BCUT2D eigenvalue weighted by Gasteiger charge is -2.27. The molecule has 2 aromatic rings. The number of primary sulfonamides is 2. The van der Waals surface area contributed by atoms with Crippen molar-refractivity contribution in [1.29, 1.82) is 0 Å². The number of aliphatic carboxylic acids is 3. The number of carboxylic acid groups (broad SMARTS) is 3. The minimum Gasteiger partial charge on any atom is -0.480 e. The van der Waals surface area contributed by atoms with Crippen molar-refractivity contribution in [2.45, 2.75) is 8.68 Å². The molecule has 3 radical (unpaired) electrons. The molecule has 0 aromatic carbocycles. The number of amides is 2. The molecule has 0 saturated heterocycles. The minimum atomic E-state index is -4.16. The van der Waals surface area contributed by atoms with Crippen LogP contribution in [-0.4, -0.2) is 173 Å². The van der Waals surface area contributed by atoms with Crippen LogP contribution in [0.3, 0.4) is 0 Å². The van der Waals surface area contributed by atoms with Crippen LogP contribution in [0.25, 0.3) is 0 Å². The molecule has 2 amide bonds. The van der Waals surface area contributed by atoms with Crippen LogP contribution in [0.4, 0.5) is 10.3 Å². The maximum Gasteiger partial charge on any atom is 0.317 e. The Morgan fingerprint density at radius 1 is 0.587 bits per heavy atom. The van der Waals surface area contributed by atoms with Gasteiger partial charge in [0, 0.05) is 43.5 Å². The number of hydrogen-bond acceptors (Lipinski definition) is 18. The number of carboxylic acids is 3. The Labute approximate surface area is 278 Å². The predicted octanol–water partition coefficient (Wildman–Crippen LogP) is -4.96. The number of carbonyl (C=O) groups is 5. The molecular weight excluding hydrogens is 718 g/mol. The number of anilines is 2. The highest BCUT2D eigenvalue weighted by molar-refractivity contribution is 7.91. The van der Waals surface area contributed by atoms with Crippen molar-refractivity contribution in [2.75, 3.05) is 69.5 Å². The van der Waals surface area contributed by atoms with Crippen LogP contribution in [-0.2, 0) is 44.0 Å². The summed E-state index contributed by atoms with van der Waals surface area (Å²) >= 11 is 0.937. The SMILES string of the molecule is NS(=O)(=O)c1nnc(NC(=O)CN(CCN(CCN(CC(=O)O)CC(=O)Nc2nnc(S(N)(=O)=O)s2)CC(=O)O)CC(=O)O)s1.[Al]. The van der Waals surface area contributed by atoms with Crippen molar-refractivity contribution in [3.05, 3.63) is 0 Å². The van der Waals surface area contributed by atoms with E-state index < -0.39 is 91.2 Å². The van der Waals surface area contributed by atoms with Crippen molar-refractivity contribution >= 4 is 100 Å². The van der Waals surface area contributed by atoms with Crippen LogP contribution in [0.2, 0.25) is 0 Å². The summed E-state index contributed by atoms with van der Waals surface area (Å²) in [5, 5.41) is 55.4. The van der Waals surface area contributed by atoms with Crippen molar-refractivity contribution in [1.82, 2.24) is 35.1 Å². The number of rotatable bonds is 20. The van der Waals surface area contributed by atoms with Gasteiger partial charge in [-0.05, 0) is 0 Å². The average molecular weight is 745 g/mol. The molecule has 23 nitrogen and oxygen atoms in total. The number of nitrogens with zero attached hydrogens (tertiary/aromatic N) is 7. The lowest BCUT2D eigenvalue weighted by molar-refractivity contribution is -0.140. The number of sulfonamides is 2. The highest BCUT2D eigenvalue weighted by atomic mass is 32.3. The zero-order valence-electron chi connectivity index (χ0n) is 23.4. The van der Waals surface area contributed by atoms with Gasteiger partial charge in [-0.15, -0.1) is 20.4 Å². The molecule has 0 unspecified atom stereocenters. The van der Waals surface area contributed by atoms with E-state index in [1.54, 1.807) is 0 Å². The Kier molecular flexibility index (Phi) is 16.1. The normalized spacial score (nSPS) is 11.8. The van der Waals surface area contributed by atoms with Gasteiger partial charge in [-0.1, -0.05) is 22.7 Å². The molecule has 46 heavy (non-hydrogen) atoms. The van der Waals surface area contributed by atoms with E-state index in [2.05, 4.69) is 31.0 Å². The maximum atomic E-state index is 12.4. The minimum absolute atomic E-state index is 0. The van der Waals surface area contributed by atoms with E-state index in [-0.39, 0.29) is 53.8 Å². The molecule has 0 aliphatic rings. The van der Waals surface area contributed by atoms with Gasteiger partial charge < -0.3 is 15.3 Å². The lowest BCUT2D eigenvalue weighted by Crippen LogP contribution is -2.46. The maximum absolute atomic E-state index is 12.4. The second-order valence-corrected chi connectivity index (χ2v) is 14.2. The fraction of sp³-hybridized carbons (Fsp3) is 0.500. The number of nitrogens with one attached hydrogen (secondary N) is 2. The van der Waals surface area contributed by atoms with Crippen LogP contribution in [0, 0.1) is 0 Å². The first-order valence-electron chi connectivity index (χ1n) is 12.0. The molecular formula is C18H27AlN11O12S4. The van der Waals surface area contributed by atoms with Crippen LogP contribution < -0.4 is 20.9 Å². The van der Waals surface area contributed by atoms with E-state index >= 15 is 0 Å². The Hall–Kier alpha value is -3.30. The Bertz CT molecular complexity index is 1510. The summed E-state index contributed by atoms with van der Waals surface area (Å²) in [7, 11) is -8.33. The molecule has 0 saturated carbocycles. The molecule has 2 heterocycles. The van der Waals surface area contributed by atoms with Gasteiger partial charge in [-0.2, -0.15) is 0 Å². The zero-order valence-corrected chi connectivity index (χ0v) is 27.8. The van der Waals surface area contributed by atoms with E-state index in [9.17, 15) is 56.1 Å². The van der Waals surface area contributed by atoms with E-state index in [4.69, 9.17) is 10.3 Å². The van der Waals surface area contributed by atoms with E-state index in [1.807, 2.05) is 0 Å². The summed E-state index contributed by atoms with van der Waals surface area (Å²) in [5.41, 5.74) is 0. The number of nitrogens with two attached hydrogens (primary N) is 2. The highest BCUT2D eigenvalue weighted by Crippen LogP contribution is 2.19. The molecule has 9 N–H and O–H groups in total. The van der Waals surface area contributed by atoms with Gasteiger partial charge >= 0.3 is 17.9 Å². The van der Waals surface area contributed by atoms with Crippen LogP contribution in [0.1, 0.15) is 0 Å². The molecule has 2 aromatic heterocycles. The van der Waals surface area contributed by atoms with Gasteiger partial charge in [0.25, 0.3) is 20.0 Å². The third-order valence-electron chi connectivity index (χ3n) is 5.07. The third kappa shape index (κ3) is 15.3. The van der Waals surface area contributed by atoms with Crippen LogP contribution in [0.5, 0.6) is 0 Å². The first-order valence-corrected chi connectivity index (χ1v) is 16.7. The third-order valence-corrected chi connectivity index (χ3v) is 9.37. The van der Waals surface area contributed by atoms with Crippen LogP contribution >= 0.6 is 22.7 Å². The molecule has 0 bridgehead atoms. The van der Waals surface area contributed by atoms with E-state index in [1.165, 1.54) is 4.90 Å². The summed E-state index contributed by atoms with van der Waals surface area (Å²) in [6.45, 7) is -3.45. The smallest absolute Gasteiger partial charge is 0.317 e. The Morgan fingerprint density at radius 3 is 1.17 bits per heavy atom. The van der Waals surface area contributed by atoms with E-state index in [0.717, 1.165) is 9.80 Å². The van der Waals surface area contributed by atoms with E-state index in [0.29, 0.717) is 22.7 Å². The van der Waals surface area contributed by atoms with Gasteiger partial charge in [0.15, 0.2) is 0 Å². The first-order chi connectivity index (χ1) is 20.8. The molecule has 253 valence electrons. The number of hydrogen-bond donors (Lipinski definition) is 7. The second kappa shape index (κ2) is 18.1. The first kappa shape index (κ1) is 40.7. The fourth-order valence-electron chi connectivity index (χ4n) is 3.31. The Morgan fingerprint density at radius 2 is 0.891 bits per heavy atom.